The zero-order chi connectivity index (χ0) is 16.1. The molecule has 3 rings (SSSR count). The molecule has 1 saturated heterocycles. The molecule has 1 aromatic heterocycles. The first kappa shape index (κ1) is 16.1. The number of rotatable bonds is 4. The molecule has 2 heterocycles. The van der Waals surface area contributed by atoms with Crippen molar-refractivity contribution in [2.24, 2.45) is 0 Å². The fourth-order valence-corrected chi connectivity index (χ4v) is 3.15. The minimum Gasteiger partial charge on any atom is -0.467 e. The first-order valence-corrected chi connectivity index (χ1v) is 8.27. The number of furan rings is 1. The number of allylic oxidation sites excluding steroid dienone is 1. The summed E-state index contributed by atoms with van der Waals surface area (Å²) in [7, 11) is 0. The van der Waals surface area contributed by atoms with E-state index in [1.807, 2.05) is 0 Å². The number of aliphatic hydroxyl groups excluding tert-OH is 1. The highest BCUT2D eigenvalue weighted by Crippen LogP contribution is 2.23. The molecule has 23 heavy (non-hydrogen) atoms. The van der Waals surface area contributed by atoms with Crippen LogP contribution in [0.5, 0.6) is 0 Å². The third kappa shape index (κ3) is 4.14. The summed E-state index contributed by atoms with van der Waals surface area (Å²) in [6.07, 6.45) is 8.55. The summed E-state index contributed by atoms with van der Waals surface area (Å²) < 4.78 is 10.7. The third-order valence-corrected chi connectivity index (χ3v) is 4.42. The van der Waals surface area contributed by atoms with Crippen molar-refractivity contribution in [1.29, 1.82) is 0 Å². The lowest BCUT2D eigenvalue weighted by atomic mass is 10.0. The maximum Gasteiger partial charge on any atom is 0.318 e. The first-order chi connectivity index (χ1) is 11.2. The molecule has 1 fully saturated rings. The fraction of sp³-hybridized carbons (Fsp3) is 0.588. The predicted octanol–water partition coefficient (Wildman–Crippen LogP) is 2.22. The summed E-state index contributed by atoms with van der Waals surface area (Å²) in [6.45, 7) is 1.50. The van der Waals surface area contributed by atoms with Crippen LogP contribution in [0.25, 0.3) is 0 Å². The van der Waals surface area contributed by atoms with Crippen molar-refractivity contribution >= 4 is 6.03 Å². The van der Waals surface area contributed by atoms with Crippen LogP contribution in [-0.4, -0.2) is 47.9 Å². The van der Waals surface area contributed by atoms with Crippen LogP contribution in [0.3, 0.4) is 0 Å². The van der Waals surface area contributed by atoms with Crippen LogP contribution >= 0.6 is 0 Å². The fourth-order valence-electron chi connectivity index (χ4n) is 3.15. The summed E-state index contributed by atoms with van der Waals surface area (Å²) in [5.41, 5.74) is 0. The quantitative estimate of drug-likeness (QED) is 0.834. The lowest BCUT2D eigenvalue weighted by Gasteiger charge is -2.37. The average Bonchev–Trinajstić information content (AvgIpc) is 3.11. The summed E-state index contributed by atoms with van der Waals surface area (Å²) in [4.78, 5) is 14.3. The molecule has 2 amide bonds. The second-order valence-corrected chi connectivity index (χ2v) is 6.10. The molecule has 6 heteroatoms. The minimum absolute atomic E-state index is 0.0819. The standard InChI is InChI=1S/C17H24N2O4/c20-15(16-7-4-9-23-16)11-14-12-22-10-8-19(14)17(21)18-13-5-2-1-3-6-13/h2,4-5,7,9,13-15,20H,1,3,6,8,10-12H2,(H,18,21)/t13-,14-,15-/m1/s1. The summed E-state index contributed by atoms with van der Waals surface area (Å²) in [6, 6.07) is 3.36. The number of nitrogens with one attached hydrogen (secondary N) is 1. The van der Waals surface area contributed by atoms with Gasteiger partial charge in [0.25, 0.3) is 0 Å². The molecular weight excluding hydrogens is 296 g/mol. The van der Waals surface area contributed by atoms with E-state index in [4.69, 9.17) is 9.15 Å². The van der Waals surface area contributed by atoms with Crippen LogP contribution in [0.15, 0.2) is 35.0 Å². The van der Waals surface area contributed by atoms with Gasteiger partial charge >= 0.3 is 6.03 Å². The van der Waals surface area contributed by atoms with Gasteiger partial charge in [-0.1, -0.05) is 12.2 Å². The number of amides is 2. The topological polar surface area (TPSA) is 74.9 Å². The van der Waals surface area contributed by atoms with Gasteiger partial charge in [-0.25, -0.2) is 4.79 Å². The van der Waals surface area contributed by atoms with Crippen molar-refractivity contribution in [1.82, 2.24) is 10.2 Å². The molecule has 0 bridgehead atoms. The Kier molecular flexibility index (Phi) is 5.35. The molecule has 3 atom stereocenters. The largest absolute Gasteiger partial charge is 0.467 e. The lowest BCUT2D eigenvalue weighted by molar-refractivity contribution is -0.00999. The number of hydrogen-bond donors (Lipinski definition) is 2. The van der Waals surface area contributed by atoms with E-state index in [9.17, 15) is 9.90 Å². The Balaban J connectivity index is 1.60. The first-order valence-electron chi connectivity index (χ1n) is 8.27. The SMILES string of the molecule is O=C(N[C@@H]1C=CCCC1)N1CCOC[C@H]1C[C@@H](O)c1ccco1. The van der Waals surface area contributed by atoms with E-state index in [-0.39, 0.29) is 18.1 Å². The second kappa shape index (κ2) is 7.66. The van der Waals surface area contributed by atoms with Gasteiger partial charge in [-0.3, -0.25) is 0 Å². The Morgan fingerprint density at radius 3 is 3.17 bits per heavy atom. The zero-order valence-electron chi connectivity index (χ0n) is 13.2. The molecule has 2 aliphatic rings. The van der Waals surface area contributed by atoms with Crippen molar-refractivity contribution in [2.75, 3.05) is 19.8 Å². The number of carbonyl (C=O) groups is 1. The van der Waals surface area contributed by atoms with Gasteiger partial charge in [0.2, 0.25) is 0 Å². The monoisotopic (exact) mass is 320 g/mol. The average molecular weight is 320 g/mol. The van der Waals surface area contributed by atoms with E-state index >= 15 is 0 Å². The molecule has 126 valence electrons. The molecule has 0 radical (unpaired) electrons. The Morgan fingerprint density at radius 2 is 2.43 bits per heavy atom. The smallest absolute Gasteiger partial charge is 0.318 e. The van der Waals surface area contributed by atoms with E-state index in [0.29, 0.717) is 31.9 Å². The molecule has 0 unspecified atom stereocenters. The Labute approximate surface area is 136 Å². The van der Waals surface area contributed by atoms with Gasteiger partial charge in [-0.05, 0) is 31.4 Å². The molecule has 0 aromatic carbocycles. The van der Waals surface area contributed by atoms with E-state index in [0.717, 1.165) is 19.3 Å². The molecule has 6 nitrogen and oxygen atoms in total. The van der Waals surface area contributed by atoms with Gasteiger partial charge < -0.3 is 24.5 Å². The van der Waals surface area contributed by atoms with Crippen molar-refractivity contribution in [3.8, 4) is 0 Å². The van der Waals surface area contributed by atoms with Crippen LogP contribution in [0.4, 0.5) is 4.79 Å². The number of nitrogens with zero attached hydrogens (tertiary/aromatic N) is 1. The molecule has 1 aliphatic heterocycles. The van der Waals surface area contributed by atoms with Crippen LogP contribution < -0.4 is 5.32 Å². The predicted molar refractivity (Wildman–Crippen MR) is 84.9 cm³/mol. The van der Waals surface area contributed by atoms with Crippen LogP contribution in [0.1, 0.15) is 37.5 Å². The molecule has 2 N–H and O–H groups in total. The number of morpholine rings is 1. The molecule has 1 aliphatic carbocycles. The maximum atomic E-state index is 12.6. The van der Waals surface area contributed by atoms with Crippen molar-refractivity contribution < 1.29 is 19.1 Å². The highest BCUT2D eigenvalue weighted by atomic mass is 16.5. The van der Waals surface area contributed by atoms with Crippen molar-refractivity contribution in [3.63, 3.8) is 0 Å². The Hall–Kier alpha value is -1.79. The van der Waals surface area contributed by atoms with Crippen LogP contribution in [-0.2, 0) is 4.74 Å². The lowest BCUT2D eigenvalue weighted by Crippen LogP contribution is -2.54. The van der Waals surface area contributed by atoms with Gasteiger partial charge in [0.1, 0.15) is 11.9 Å². The van der Waals surface area contributed by atoms with E-state index < -0.39 is 6.10 Å². The van der Waals surface area contributed by atoms with Crippen molar-refractivity contribution in [3.05, 3.63) is 36.3 Å². The number of hydrogen-bond acceptors (Lipinski definition) is 4. The van der Waals surface area contributed by atoms with Gasteiger partial charge in [0.15, 0.2) is 0 Å². The Bertz CT molecular complexity index is 529. The van der Waals surface area contributed by atoms with E-state index in [2.05, 4.69) is 17.5 Å². The minimum atomic E-state index is -0.735. The summed E-state index contributed by atoms with van der Waals surface area (Å²) in [5, 5.41) is 13.3. The number of ether oxygens (including phenoxy) is 1. The third-order valence-electron chi connectivity index (χ3n) is 4.42. The maximum absolute atomic E-state index is 12.6. The van der Waals surface area contributed by atoms with Gasteiger partial charge in [0.05, 0.1) is 25.5 Å². The highest BCUT2D eigenvalue weighted by molar-refractivity contribution is 5.75. The van der Waals surface area contributed by atoms with Gasteiger partial charge in [0, 0.05) is 19.0 Å². The second-order valence-electron chi connectivity index (χ2n) is 6.10. The van der Waals surface area contributed by atoms with E-state index in [1.54, 1.807) is 17.0 Å². The molecule has 0 spiro atoms. The molecular formula is C17H24N2O4. The van der Waals surface area contributed by atoms with Crippen LogP contribution in [0, 0.1) is 0 Å². The zero-order valence-corrected chi connectivity index (χ0v) is 13.2. The number of carbonyl (C=O) groups excluding carboxylic acids is 1. The van der Waals surface area contributed by atoms with E-state index in [1.165, 1.54) is 6.26 Å². The van der Waals surface area contributed by atoms with Crippen LogP contribution in [0.2, 0.25) is 0 Å². The highest BCUT2D eigenvalue weighted by Gasteiger charge is 2.31. The summed E-state index contributed by atoms with van der Waals surface area (Å²) >= 11 is 0. The van der Waals surface area contributed by atoms with Gasteiger partial charge in [-0.2, -0.15) is 0 Å². The Morgan fingerprint density at radius 1 is 1.52 bits per heavy atom. The van der Waals surface area contributed by atoms with Gasteiger partial charge in [-0.15, -0.1) is 0 Å². The molecule has 1 aromatic rings. The number of aliphatic hydroxyl groups is 1. The number of urea groups is 1. The summed E-state index contributed by atoms with van der Waals surface area (Å²) in [5.74, 6) is 0.520. The normalized spacial score (nSPS) is 26.0. The van der Waals surface area contributed by atoms with Crippen molar-refractivity contribution in [2.45, 2.75) is 43.9 Å². The molecule has 0 saturated carbocycles.